The van der Waals surface area contributed by atoms with Gasteiger partial charge in [-0.1, -0.05) is 30.3 Å². The van der Waals surface area contributed by atoms with E-state index in [1.165, 1.54) is 6.07 Å². The monoisotopic (exact) mass is 298 g/mol. The van der Waals surface area contributed by atoms with Crippen molar-refractivity contribution in [2.45, 2.75) is 32.0 Å². The van der Waals surface area contributed by atoms with Gasteiger partial charge >= 0.3 is 0 Å². The smallest absolute Gasteiger partial charge is 0.254 e. The molecule has 0 saturated heterocycles. The number of hydrogen-bond acceptors (Lipinski definition) is 2. The van der Waals surface area contributed by atoms with Crippen LogP contribution in [-0.4, -0.2) is 16.8 Å². The van der Waals surface area contributed by atoms with Crippen LogP contribution in [0.15, 0.2) is 48.5 Å². The molecule has 2 N–H and O–H groups in total. The van der Waals surface area contributed by atoms with Crippen LogP contribution in [0.25, 0.3) is 0 Å². The minimum atomic E-state index is -0.264. The molecule has 1 amide bonds. The summed E-state index contributed by atoms with van der Waals surface area (Å²) in [5, 5.41) is 0. The third kappa shape index (κ3) is 3.17. The number of rotatable bonds is 5. The molecule has 0 atom stereocenters. The molecule has 0 aromatic heterocycles. The molecule has 0 spiro atoms. The van der Waals surface area contributed by atoms with E-state index < -0.39 is 0 Å². The summed E-state index contributed by atoms with van der Waals surface area (Å²) in [5.41, 5.74) is 7.75. The summed E-state index contributed by atoms with van der Waals surface area (Å²) in [7, 11) is 0. The van der Waals surface area contributed by atoms with E-state index in [0.717, 1.165) is 18.4 Å². The van der Waals surface area contributed by atoms with Crippen molar-refractivity contribution in [1.82, 2.24) is 4.90 Å². The Kier molecular flexibility index (Phi) is 4.20. The number of carbonyl (C=O) groups is 1. The topological polar surface area (TPSA) is 46.3 Å². The molecule has 0 heterocycles. The minimum Gasteiger partial charge on any atom is -0.331 e. The first-order valence-electron chi connectivity index (χ1n) is 7.52. The Bertz CT molecular complexity index is 665. The highest BCUT2D eigenvalue weighted by molar-refractivity contribution is 5.94. The van der Waals surface area contributed by atoms with E-state index in [4.69, 9.17) is 5.73 Å². The maximum atomic E-state index is 13.8. The van der Waals surface area contributed by atoms with E-state index in [-0.39, 0.29) is 17.8 Å². The third-order valence-electron chi connectivity index (χ3n) is 3.98. The standard InChI is InChI=1S/C18H19FN2O/c19-17-4-2-1-3-15(17)12-21(16-9-10-16)18(22)14-7-5-13(11-20)6-8-14/h1-8,16H,9-12,20H2. The fraction of sp³-hybridized carbons (Fsp3) is 0.278. The Labute approximate surface area is 129 Å². The number of hydrogen-bond donors (Lipinski definition) is 1. The lowest BCUT2D eigenvalue weighted by atomic mass is 10.1. The van der Waals surface area contributed by atoms with Gasteiger partial charge in [-0.15, -0.1) is 0 Å². The van der Waals surface area contributed by atoms with Gasteiger partial charge in [0.25, 0.3) is 5.91 Å². The second-order valence-electron chi connectivity index (χ2n) is 5.66. The van der Waals surface area contributed by atoms with E-state index in [1.807, 2.05) is 12.1 Å². The molecule has 1 aliphatic rings. The summed E-state index contributed by atoms with van der Waals surface area (Å²) < 4.78 is 13.8. The predicted octanol–water partition coefficient (Wildman–Crippen LogP) is 3.09. The van der Waals surface area contributed by atoms with Crippen molar-refractivity contribution < 1.29 is 9.18 Å². The van der Waals surface area contributed by atoms with Gasteiger partial charge in [0, 0.05) is 30.3 Å². The van der Waals surface area contributed by atoms with Crippen LogP contribution in [0.4, 0.5) is 4.39 Å². The van der Waals surface area contributed by atoms with E-state index in [9.17, 15) is 9.18 Å². The molecule has 3 nitrogen and oxygen atoms in total. The Morgan fingerprint density at radius 3 is 2.41 bits per heavy atom. The summed E-state index contributed by atoms with van der Waals surface area (Å²) in [6.45, 7) is 0.769. The van der Waals surface area contributed by atoms with Crippen molar-refractivity contribution in [2.75, 3.05) is 0 Å². The van der Waals surface area contributed by atoms with Gasteiger partial charge in [-0.3, -0.25) is 4.79 Å². The van der Waals surface area contributed by atoms with E-state index in [1.54, 1.807) is 35.2 Å². The molecule has 114 valence electrons. The second kappa shape index (κ2) is 6.28. The van der Waals surface area contributed by atoms with Crippen LogP contribution in [0.3, 0.4) is 0 Å². The van der Waals surface area contributed by atoms with Crippen LogP contribution in [0.1, 0.15) is 34.3 Å². The summed E-state index contributed by atoms with van der Waals surface area (Å²) in [5.74, 6) is -0.311. The van der Waals surface area contributed by atoms with E-state index in [2.05, 4.69) is 0 Å². The largest absolute Gasteiger partial charge is 0.331 e. The highest BCUT2D eigenvalue weighted by atomic mass is 19.1. The molecule has 2 aromatic rings. The number of halogens is 1. The summed E-state index contributed by atoms with van der Waals surface area (Å²) >= 11 is 0. The van der Waals surface area contributed by atoms with Crippen LogP contribution in [0.5, 0.6) is 0 Å². The molecule has 4 heteroatoms. The summed E-state index contributed by atoms with van der Waals surface area (Å²) in [6, 6.07) is 14.2. The number of nitrogens with two attached hydrogens (primary N) is 1. The average Bonchev–Trinajstić information content (AvgIpc) is 3.38. The van der Waals surface area contributed by atoms with Gasteiger partial charge in [0.1, 0.15) is 5.82 Å². The molecule has 0 unspecified atom stereocenters. The molecule has 1 aliphatic carbocycles. The average molecular weight is 298 g/mol. The Balaban J connectivity index is 1.81. The maximum Gasteiger partial charge on any atom is 0.254 e. The van der Waals surface area contributed by atoms with E-state index >= 15 is 0 Å². The molecule has 1 saturated carbocycles. The lowest BCUT2D eigenvalue weighted by molar-refractivity contribution is 0.0728. The lowest BCUT2D eigenvalue weighted by Gasteiger charge is -2.23. The quantitative estimate of drug-likeness (QED) is 0.922. The Morgan fingerprint density at radius 2 is 1.82 bits per heavy atom. The van der Waals surface area contributed by atoms with Crippen LogP contribution in [-0.2, 0) is 13.1 Å². The molecular formula is C18H19FN2O. The van der Waals surface area contributed by atoms with Crippen molar-refractivity contribution in [3.63, 3.8) is 0 Å². The molecular weight excluding hydrogens is 279 g/mol. The highest BCUT2D eigenvalue weighted by Crippen LogP contribution is 2.30. The SMILES string of the molecule is NCc1ccc(C(=O)N(Cc2ccccc2F)C2CC2)cc1. The van der Waals surface area contributed by atoms with Crippen LogP contribution in [0.2, 0.25) is 0 Å². The summed E-state index contributed by atoms with van der Waals surface area (Å²) in [6.07, 6.45) is 1.97. The molecule has 22 heavy (non-hydrogen) atoms. The van der Waals surface area contributed by atoms with Crippen molar-refractivity contribution in [3.05, 3.63) is 71.0 Å². The van der Waals surface area contributed by atoms with Gasteiger partial charge in [-0.25, -0.2) is 4.39 Å². The zero-order valence-electron chi connectivity index (χ0n) is 12.3. The first-order valence-corrected chi connectivity index (χ1v) is 7.52. The Hall–Kier alpha value is -2.20. The maximum absolute atomic E-state index is 13.8. The number of benzene rings is 2. The molecule has 0 bridgehead atoms. The number of nitrogens with zero attached hydrogens (tertiary/aromatic N) is 1. The zero-order valence-corrected chi connectivity index (χ0v) is 12.3. The van der Waals surface area contributed by atoms with Gasteiger partial charge in [-0.05, 0) is 36.6 Å². The van der Waals surface area contributed by atoms with Gasteiger partial charge in [0.15, 0.2) is 0 Å². The molecule has 0 radical (unpaired) electrons. The molecule has 2 aromatic carbocycles. The molecule has 0 aliphatic heterocycles. The normalized spacial score (nSPS) is 13.9. The van der Waals surface area contributed by atoms with Crippen LogP contribution >= 0.6 is 0 Å². The Morgan fingerprint density at radius 1 is 1.14 bits per heavy atom. The molecule has 1 fully saturated rings. The van der Waals surface area contributed by atoms with Crippen molar-refractivity contribution in [2.24, 2.45) is 5.73 Å². The van der Waals surface area contributed by atoms with Crippen LogP contribution < -0.4 is 5.73 Å². The van der Waals surface area contributed by atoms with Crippen molar-refractivity contribution in [1.29, 1.82) is 0 Å². The first kappa shape index (κ1) is 14.7. The number of carbonyl (C=O) groups excluding carboxylic acids is 1. The van der Waals surface area contributed by atoms with Crippen molar-refractivity contribution >= 4 is 5.91 Å². The second-order valence-corrected chi connectivity index (χ2v) is 5.66. The molecule has 3 rings (SSSR count). The van der Waals surface area contributed by atoms with E-state index in [0.29, 0.717) is 24.2 Å². The lowest BCUT2D eigenvalue weighted by Crippen LogP contribution is -2.32. The van der Waals surface area contributed by atoms with Crippen LogP contribution in [0, 0.1) is 5.82 Å². The fourth-order valence-electron chi connectivity index (χ4n) is 2.51. The highest BCUT2D eigenvalue weighted by Gasteiger charge is 2.33. The van der Waals surface area contributed by atoms with Gasteiger partial charge in [0.2, 0.25) is 0 Å². The minimum absolute atomic E-state index is 0.0469. The van der Waals surface area contributed by atoms with Gasteiger partial charge < -0.3 is 10.6 Å². The first-order chi connectivity index (χ1) is 10.7. The number of amides is 1. The zero-order chi connectivity index (χ0) is 15.5. The van der Waals surface area contributed by atoms with Gasteiger partial charge in [0.05, 0.1) is 0 Å². The third-order valence-corrected chi connectivity index (χ3v) is 3.98. The van der Waals surface area contributed by atoms with Gasteiger partial charge in [-0.2, -0.15) is 0 Å². The van der Waals surface area contributed by atoms with Crippen molar-refractivity contribution in [3.8, 4) is 0 Å². The predicted molar refractivity (Wildman–Crippen MR) is 83.6 cm³/mol. The fourth-order valence-corrected chi connectivity index (χ4v) is 2.51. The summed E-state index contributed by atoms with van der Waals surface area (Å²) in [4.78, 5) is 14.5.